The Morgan fingerprint density at radius 2 is 1.67 bits per heavy atom. The highest BCUT2D eigenvalue weighted by molar-refractivity contribution is 6.29. The van der Waals surface area contributed by atoms with Crippen molar-refractivity contribution in [2.45, 2.75) is 0 Å². The molecule has 0 bridgehead atoms. The molecule has 0 spiro atoms. The van der Waals surface area contributed by atoms with Gasteiger partial charge in [0.25, 0.3) is 5.91 Å². The summed E-state index contributed by atoms with van der Waals surface area (Å²) in [4.78, 5) is 17.9. The van der Waals surface area contributed by atoms with Crippen LogP contribution in [0.2, 0.25) is 5.15 Å². The fraction of sp³-hybridized carbons (Fsp3) is 0.0526. The molecule has 0 aliphatic rings. The SMILES string of the molecule is CN(C(=O)c1ccnc(Cl)c1)c1ccc(Oc2ccccc2)cc1. The zero-order chi connectivity index (χ0) is 16.9. The smallest absolute Gasteiger partial charge is 0.258 e. The Kier molecular flexibility index (Phi) is 4.77. The highest BCUT2D eigenvalue weighted by Gasteiger charge is 2.14. The molecule has 0 aliphatic carbocycles. The second kappa shape index (κ2) is 7.15. The minimum Gasteiger partial charge on any atom is -0.457 e. The van der Waals surface area contributed by atoms with Crippen molar-refractivity contribution in [3.63, 3.8) is 0 Å². The highest BCUT2D eigenvalue weighted by Crippen LogP contribution is 2.24. The molecule has 1 amide bonds. The van der Waals surface area contributed by atoms with Crippen LogP contribution in [0.4, 0.5) is 5.69 Å². The lowest BCUT2D eigenvalue weighted by molar-refractivity contribution is 0.0993. The van der Waals surface area contributed by atoms with Crippen molar-refractivity contribution in [2.24, 2.45) is 0 Å². The monoisotopic (exact) mass is 338 g/mol. The van der Waals surface area contributed by atoms with Crippen molar-refractivity contribution in [3.8, 4) is 11.5 Å². The second-order valence-electron chi connectivity index (χ2n) is 5.14. The molecule has 2 aromatic carbocycles. The molecule has 0 saturated carbocycles. The third kappa shape index (κ3) is 3.73. The van der Waals surface area contributed by atoms with E-state index in [1.807, 2.05) is 54.6 Å². The Balaban J connectivity index is 1.74. The molecule has 0 fully saturated rings. The third-order valence-electron chi connectivity index (χ3n) is 3.48. The molecule has 24 heavy (non-hydrogen) atoms. The third-order valence-corrected chi connectivity index (χ3v) is 3.69. The van der Waals surface area contributed by atoms with E-state index in [-0.39, 0.29) is 5.91 Å². The van der Waals surface area contributed by atoms with E-state index in [0.717, 1.165) is 11.4 Å². The molecule has 0 radical (unpaired) electrons. The van der Waals surface area contributed by atoms with Crippen LogP contribution in [0.15, 0.2) is 72.9 Å². The summed E-state index contributed by atoms with van der Waals surface area (Å²) in [6.07, 6.45) is 1.51. The van der Waals surface area contributed by atoms with Crippen LogP contribution in [-0.4, -0.2) is 17.9 Å². The quantitative estimate of drug-likeness (QED) is 0.641. The predicted octanol–water partition coefficient (Wildman–Crippen LogP) is 4.80. The number of hydrogen-bond donors (Lipinski definition) is 0. The molecule has 0 N–H and O–H groups in total. The number of para-hydroxylation sites is 1. The van der Waals surface area contributed by atoms with Crippen LogP contribution >= 0.6 is 11.6 Å². The molecule has 0 unspecified atom stereocenters. The van der Waals surface area contributed by atoms with Gasteiger partial charge in [0.2, 0.25) is 0 Å². The average Bonchev–Trinajstić information content (AvgIpc) is 2.62. The Labute approximate surface area is 145 Å². The predicted molar refractivity (Wildman–Crippen MR) is 94.9 cm³/mol. The first-order valence-corrected chi connectivity index (χ1v) is 7.74. The fourth-order valence-corrected chi connectivity index (χ4v) is 2.38. The number of aromatic nitrogens is 1. The van der Waals surface area contributed by atoms with Gasteiger partial charge in [0.15, 0.2) is 0 Å². The topological polar surface area (TPSA) is 42.4 Å². The molecule has 4 nitrogen and oxygen atoms in total. The van der Waals surface area contributed by atoms with Crippen molar-refractivity contribution in [1.82, 2.24) is 4.98 Å². The van der Waals surface area contributed by atoms with E-state index >= 15 is 0 Å². The maximum Gasteiger partial charge on any atom is 0.258 e. The van der Waals surface area contributed by atoms with Crippen molar-refractivity contribution in [2.75, 3.05) is 11.9 Å². The van der Waals surface area contributed by atoms with Gasteiger partial charge in [-0.1, -0.05) is 29.8 Å². The summed E-state index contributed by atoms with van der Waals surface area (Å²) in [5.74, 6) is 1.31. The normalized spacial score (nSPS) is 10.2. The van der Waals surface area contributed by atoms with Crippen LogP contribution in [0, 0.1) is 0 Å². The van der Waals surface area contributed by atoms with E-state index in [0.29, 0.717) is 16.5 Å². The van der Waals surface area contributed by atoms with Crippen LogP contribution in [0.5, 0.6) is 11.5 Å². The van der Waals surface area contributed by atoms with E-state index in [2.05, 4.69) is 4.98 Å². The zero-order valence-corrected chi connectivity index (χ0v) is 13.8. The fourth-order valence-electron chi connectivity index (χ4n) is 2.21. The van der Waals surface area contributed by atoms with Crippen LogP contribution in [0.1, 0.15) is 10.4 Å². The molecule has 1 heterocycles. The van der Waals surface area contributed by atoms with Crippen LogP contribution in [0.3, 0.4) is 0 Å². The number of hydrogen-bond acceptors (Lipinski definition) is 3. The number of rotatable bonds is 4. The molecule has 1 aromatic heterocycles. The number of anilines is 1. The van der Waals surface area contributed by atoms with Crippen molar-refractivity contribution in [1.29, 1.82) is 0 Å². The van der Waals surface area contributed by atoms with Gasteiger partial charge < -0.3 is 9.64 Å². The van der Waals surface area contributed by atoms with Gasteiger partial charge in [-0.05, 0) is 48.5 Å². The number of halogens is 1. The first kappa shape index (κ1) is 16.0. The number of carbonyl (C=O) groups is 1. The standard InChI is InChI=1S/C19H15ClN2O2/c1-22(19(23)14-11-12-21-18(20)13-14)15-7-9-17(10-8-15)24-16-5-3-2-4-6-16/h2-13H,1H3. The lowest BCUT2D eigenvalue weighted by Crippen LogP contribution is -2.26. The van der Waals surface area contributed by atoms with E-state index in [4.69, 9.17) is 16.3 Å². The summed E-state index contributed by atoms with van der Waals surface area (Å²) in [5, 5.41) is 0.292. The highest BCUT2D eigenvalue weighted by atomic mass is 35.5. The summed E-state index contributed by atoms with van der Waals surface area (Å²) >= 11 is 5.84. The van der Waals surface area contributed by atoms with Crippen molar-refractivity contribution in [3.05, 3.63) is 83.6 Å². The molecular weight excluding hydrogens is 324 g/mol. The van der Waals surface area contributed by atoms with E-state index in [1.165, 1.54) is 6.20 Å². The number of amides is 1. The lowest BCUT2D eigenvalue weighted by atomic mass is 10.2. The Bertz CT molecular complexity index is 836. The Hall–Kier alpha value is -2.85. The number of nitrogens with zero attached hydrogens (tertiary/aromatic N) is 2. The van der Waals surface area contributed by atoms with Crippen LogP contribution in [0.25, 0.3) is 0 Å². The molecule has 5 heteroatoms. The number of pyridine rings is 1. The largest absolute Gasteiger partial charge is 0.457 e. The van der Waals surface area contributed by atoms with Gasteiger partial charge in [0, 0.05) is 24.5 Å². The van der Waals surface area contributed by atoms with Gasteiger partial charge in [-0.15, -0.1) is 0 Å². The first-order chi connectivity index (χ1) is 11.6. The van der Waals surface area contributed by atoms with Gasteiger partial charge in [-0.25, -0.2) is 4.98 Å². The summed E-state index contributed by atoms with van der Waals surface area (Å²) in [5.41, 5.74) is 1.25. The molecular formula is C19H15ClN2O2. The average molecular weight is 339 g/mol. The summed E-state index contributed by atoms with van der Waals surface area (Å²) in [7, 11) is 1.71. The van der Waals surface area contributed by atoms with Gasteiger partial charge in [-0.2, -0.15) is 0 Å². The molecule has 3 aromatic rings. The Morgan fingerprint density at radius 1 is 1.00 bits per heavy atom. The summed E-state index contributed by atoms with van der Waals surface area (Å²) < 4.78 is 5.74. The van der Waals surface area contributed by atoms with E-state index in [9.17, 15) is 4.79 Å². The number of carbonyl (C=O) groups excluding carboxylic acids is 1. The molecule has 0 saturated heterocycles. The second-order valence-corrected chi connectivity index (χ2v) is 5.53. The molecule has 0 atom stereocenters. The number of ether oxygens (including phenoxy) is 1. The molecule has 120 valence electrons. The van der Waals surface area contributed by atoms with E-state index in [1.54, 1.807) is 24.1 Å². The summed E-state index contributed by atoms with van der Waals surface area (Å²) in [6.45, 7) is 0. The van der Waals surface area contributed by atoms with Crippen LogP contribution < -0.4 is 9.64 Å². The first-order valence-electron chi connectivity index (χ1n) is 7.36. The van der Waals surface area contributed by atoms with Gasteiger partial charge in [-0.3, -0.25) is 4.79 Å². The molecule has 0 aliphatic heterocycles. The van der Waals surface area contributed by atoms with Gasteiger partial charge >= 0.3 is 0 Å². The number of benzene rings is 2. The Morgan fingerprint density at radius 3 is 2.33 bits per heavy atom. The lowest BCUT2D eigenvalue weighted by Gasteiger charge is -2.18. The maximum absolute atomic E-state index is 12.5. The zero-order valence-electron chi connectivity index (χ0n) is 13.0. The van der Waals surface area contributed by atoms with Gasteiger partial charge in [0.1, 0.15) is 16.7 Å². The van der Waals surface area contributed by atoms with Crippen molar-refractivity contribution >= 4 is 23.2 Å². The van der Waals surface area contributed by atoms with Gasteiger partial charge in [0.05, 0.1) is 0 Å². The summed E-state index contributed by atoms with van der Waals surface area (Å²) in [6, 6.07) is 20.0. The minimum atomic E-state index is -0.156. The van der Waals surface area contributed by atoms with Crippen molar-refractivity contribution < 1.29 is 9.53 Å². The maximum atomic E-state index is 12.5. The minimum absolute atomic E-state index is 0.156. The molecule has 3 rings (SSSR count). The van der Waals surface area contributed by atoms with E-state index < -0.39 is 0 Å². The van der Waals surface area contributed by atoms with Crippen LogP contribution in [-0.2, 0) is 0 Å².